The van der Waals surface area contributed by atoms with Gasteiger partial charge in [-0.3, -0.25) is 0 Å². The lowest BCUT2D eigenvalue weighted by molar-refractivity contribution is -0.138. The smallest absolute Gasteiger partial charge is 0.418 e. The molecule has 2 rings (SSSR count). The van der Waals surface area contributed by atoms with Crippen LogP contribution in [0.4, 0.5) is 13.2 Å². The van der Waals surface area contributed by atoms with Crippen molar-refractivity contribution in [2.45, 2.75) is 12.8 Å². The molecule has 110 valence electrons. The largest absolute Gasteiger partial charge is 0.457 e. The molecule has 0 aliphatic heterocycles. The zero-order valence-corrected chi connectivity index (χ0v) is 11.3. The number of hydrogen-bond donors (Lipinski definition) is 0. The minimum absolute atomic E-state index is 0.128. The van der Waals surface area contributed by atoms with Crippen LogP contribution in [0.25, 0.3) is 0 Å². The maximum atomic E-state index is 12.8. The van der Waals surface area contributed by atoms with Crippen LogP contribution in [-0.4, -0.2) is 11.0 Å². The van der Waals surface area contributed by atoms with Crippen LogP contribution < -0.4 is 0 Å². The van der Waals surface area contributed by atoms with Crippen LogP contribution in [0.3, 0.4) is 0 Å². The lowest BCUT2D eigenvalue weighted by atomic mass is 10.1. The van der Waals surface area contributed by atoms with Crippen LogP contribution in [0.2, 0.25) is 5.15 Å². The van der Waals surface area contributed by atoms with Gasteiger partial charge >= 0.3 is 12.1 Å². The quantitative estimate of drug-likeness (QED) is 0.632. The number of rotatable bonds is 3. The number of hydrogen-bond acceptors (Lipinski definition) is 3. The fourth-order valence-electron chi connectivity index (χ4n) is 1.63. The maximum Gasteiger partial charge on any atom is 0.418 e. The first-order valence-electron chi connectivity index (χ1n) is 5.81. The normalized spacial score (nSPS) is 11.2. The highest BCUT2D eigenvalue weighted by Crippen LogP contribution is 2.32. The first kappa shape index (κ1) is 15.3. The van der Waals surface area contributed by atoms with Crippen molar-refractivity contribution in [2.24, 2.45) is 0 Å². The minimum atomic E-state index is -4.71. The maximum absolute atomic E-state index is 12.8. The lowest BCUT2D eigenvalue weighted by Gasteiger charge is -2.12. The summed E-state index contributed by atoms with van der Waals surface area (Å²) in [5, 5.41) is -0.213. The van der Waals surface area contributed by atoms with E-state index in [9.17, 15) is 18.0 Å². The van der Waals surface area contributed by atoms with E-state index in [-0.39, 0.29) is 11.8 Å². The van der Waals surface area contributed by atoms with Gasteiger partial charge in [-0.05, 0) is 11.6 Å². The summed E-state index contributed by atoms with van der Waals surface area (Å²) >= 11 is 5.54. The Labute approximate surface area is 123 Å². The van der Waals surface area contributed by atoms with E-state index in [1.807, 2.05) is 0 Å². The number of aromatic nitrogens is 1. The third-order valence-corrected chi connectivity index (χ3v) is 2.82. The van der Waals surface area contributed by atoms with Crippen LogP contribution in [0.5, 0.6) is 0 Å². The molecule has 0 amide bonds. The molecule has 0 spiro atoms. The van der Waals surface area contributed by atoms with E-state index >= 15 is 0 Å². The lowest BCUT2D eigenvalue weighted by Crippen LogP contribution is -2.15. The van der Waals surface area contributed by atoms with Gasteiger partial charge in [-0.15, -0.1) is 0 Å². The van der Waals surface area contributed by atoms with Gasteiger partial charge in [0.2, 0.25) is 0 Å². The predicted octanol–water partition coefficient (Wildman–Crippen LogP) is 4.11. The molecular formula is C14H9ClF3NO2. The van der Waals surface area contributed by atoms with Gasteiger partial charge < -0.3 is 4.74 Å². The van der Waals surface area contributed by atoms with E-state index < -0.39 is 23.3 Å². The molecule has 0 bridgehead atoms. The second-order valence-corrected chi connectivity index (χ2v) is 4.50. The molecule has 0 N–H and O–H groups in total. The first-order valence-corrected chi connectivity index (χ1v) is 6.19. The predicted molar refractivity (Wildman–Crippen MR) is 69.8 cm³/mol. The molecule has 0 atom stereocenters. The highest BCUT2D eigenvalue weighted by Gasteiger charge is 2.36. The van der Waals surface area contributed by atoms with Crippen molar-refractivity contribution in [3.05, 3.63) is 64.4 Å². The van der Waals surface area contributed by atoms with Crippen molar-refractivity contribution in [3.63, 3.8) is 0 Å². The molecule has 0 saturated heterocycles. The molecule has 7 heteroatoms. The Morgan fingerprint density at radius 2 is 1.90 bits per heavy atom. The summed E-state index contributed by atoms with van der Waals surface area (Å²) < 4.78 is 43.3. The number of esters is 1. The Balaban J connectivity index is 2.21. The molecule has 0 radical (unpaired) electrons. The molecule has 0 fully saturated rings. The van der Waals surface area contributed by atoms with Crippen molar-refractivity contribution in [3.8, 4) is 0 Å². The molecular weight excluding hydrogens is 307 g/mol. The summed E-state index contributed by atoms with van der Waals surface area (Å²) in [7, 11) is 0. The topological polar surface area (TPSA) is 39.2 Å². The summed E-state index contributed by atoms with van der Waals surface area (Å²) in [6.45, 7) is -0.128. The molecule has 0 saturated carbocycles. The Hall–Kier alpha value is -2.08. The second kappa shape index (κ2) is 6.13. The van der Waals surface area contributed by atoms with Crippen molar-refractivity contribution in [2.75, 3.05) is 0 Å². The van der Waals surface area contributed by atoms with Gasteiger partial charge in [0.15, 0.2) is 0 Å². The summed E-state index contributed by atoms with van der Waals surface area (Å²) in [6.07, 6.45) is -4.19. The summed E-state index contributed by atoms with van der Waals surface area (Å²) in [4.78, 5) is 15.2. The molecule has 3 nitrogen and oxygen atoms in total. The third kappa shape index (κ3) is 3.95. The molecule has 0 unspecified atom stereocenters. The first-order chi connectivity index (χ1) is 9.88. The molecule has 0 aliphatic carbocycles. The average Bonchev–Trinajstić information content (AvgIpc) is 2.44. The Bertz CT molecular complexity index is 644. The number of pyridine rings is 1. The van der Waals surface area contributed by atoms with E-state index in [0.717, 1.165) is 6.07 Å². The summed E-state index contributed by atoms with van der Waals surface area (Å²) in [6, 6.07) is 9.46. The fraction of sp³-hybridized carbons (Fsp3) is 0.143. The number of ether oxygens (including phenoxy) is 1. The zero-order chi connectivity index (χ0) is 15.5. The van der Waals surface area contributed by atoms with Gasteiger partial charge in [0.25, 0.3) is 0 Å². The molecule has 1 heterocycles. The number of halogens is 4. The number of nitrogens with zero attached hydrogens (tertiary/aromatic N) is 1. The van der Waals surface area contributed by atoms with Gasteiger partial charge in [-0.25, -0.2) is 9.78 Å². The molecule has 1 aromatic carbocycles. The van der Waals surface area contributed by atoms with Crippen molar-refractivity contribution in [1.29, 1.82) is 0 Å². The molecule has 1 aromatic heterocycles. The standard InChI is InChI=1S/C14H9ClF3NO2/c15-12-6-10(11(7-19-12)14(16,17)18)13(20)21-8-9-4-2-1-3-5-9/h1-7H,8H2. The van der Waals surface area contributed by atoms with Gasteiger partial charge in [-0.2, -0.15) is 13.2 Å². The van der Waals surface area contributed by atoms with Gasteiger partial charge in [0.05, 0.1) is 11.1 Å². The van der Waals surface area contributed by atoms with E-state index in [1.54, 1.807) is 30.3 Å². The Kier molecular flexibility index (Phi) is 4.47. The number of benzene rings is 1. The van der Waals surface area contributed by atoms with E-state index in [0.29, 0.717) is 11.8 Å². The SMILES string of the molecule is O=C(OCc1ccccc1)c1cc(Cl)ncc1C(F)(F)F. The molecule has 0 aliphatic rings. The highest BCUT2D eigenvalue weighted by atomic mass is 35.5. The van der Waals surface area contributed by atoms with Gasteiger partial charge in [-0.1, -0.05) is 41.9 Å². The van der Waals surface area contributed by atoms with Crippen LogP contribution in [0, 0.1) is 0 Å². The average molecular weight is 316 g/mol. The van der Waals surface area contributed by atoms with Crippen molar-refractivity contribution >= 4 is 17.6 Å². The van der Waals surface area contributed by atoms with Crippen LogP contribution in [-0.2, 0) is 17.5 Å². The Morgan fingerprint density at radius 3 is 2.52 bits per heavy atom. The van der Waals surface area contributed by atoms with E-state index in [4.69, 9.17) is 16.3 Å². The van der Waals surface area contributed by atoms with E-state index in [2.05, 4.69) is 4.98 Å². The molecule has 2 aromatic rings. The van der Waals surface area contributed by atoms with Gasteiger partial charge in [0, 0.05) is 6.20 Å². The highest BCUT2D eigenvalue weighted by molar-refractivity contribution is 6.29. The molecule has 21 heavy (non-hydrogen) atoms. The monoisotopic (exact) mass is 315 g/mol. The van der Waals surface area contributed by atoms with Crippen LogP contribution in [0.1, 0.15) is 21.5 Å². The summed E-state index contributed by atoms with van der Waals surface area (Å²) in [5.74, 6) is -1.10. The van der Waals surface area contributed by atoms with Crippen molar-refractivity contribution in [1.82, 2.24) is 4.98 Å². The van der Waals surface area contributed by atoms with E-state index in [1.165, 1.54) is 0 Å². The second-order valence-electron chi connectivity index (χ2n) is 4.11. The van der Waals surface area contributed by atoms with Crippen LogP contribution in [0.15, 0.2) is 42.6 Å². The third-order valence-electron chi connectivity index (χ3n) is 2.61. The number of carbonyl (C=O) groups is 1. The van der Waals surface area contributed by atoms with Crippen molar-refractivity contribution < 1.29 is 22.7 Å². The zero-order valence-electron chi connectivity index (χ0n) is 10.5. The fourth-order valence-corrected chi connectivity index (χ4v) is 1.78. The summed E-state index contributed by atoms with van der Waals surface area (Å²) in [5.41, 5.74) is -1.16. The van der Waals surface area contributed by atoms with Gasteiger partial charge in [0.1, 0.15) is 11.8 Å². The number of carbonyl (C=O) groups excluding carboxylic acids is 1. The van der Waals surface area contributed by atoms with Crippen LogP contribution >= 0.6 is 11.6 Å². The Morgan fingerprint density at radius 1 is 1.24 bits per heavy atom. The number of alkyl halides is 3. The minimum Gasteiger partial charge on any atom is -0.457 e.